The lowest BCUT2D eigenvalue weighted by Gasteiger charge is -2.29. The number of nitrogens with zero attached hydrogens (tertiary/aromatic N) is 2. The first-order chi connectivity index (χ1) is 10.7. The molecule has 1 aromatic carbocycles. The van der Waals surface area contributed by atoms with Crippen LogP contribution < -0.4 is 5.32 Å². The number of carbonyl (C=O) groups excluding carboxylic acids is 1. The number of benzene rings is 1. The standard InChI is InChI=1S/C17H22FN3O2/c1-11-9-21(13-7-5-12(18)6-8-13)20-15(11)16(23)19-14(10-22)17(2,3)4/h5-9,14,22H,10H2,1-4H3,(H,19,23)/t14-/m1/s1. The lowest BCUT2D eigenvalue weighted by atomic mass is 9.87. The molecule has 124 valence electrons. The molecule has 1 heterocycles. The fourth-order valence-electron chi connectivity index (χ4n) is 2.17. The van der Waals surface area contributed by atoms with E-state index in [1.807, 2.05) is 20.8 Å². The highest BCUT2D eigenvalue weighted by Crippen LogP contribution is 2.20. The summed E-state index contributed by atoms with van der Waals surface area (Å²) in [6, 6.07) is 5.50. The van der Waals surface area contributed by atoms with E-state index in [1.165, 1.54) is 16.8 Å². The highest BCUT2D eigenvalue weighted by atomic mass is 19.1. The third-order valence-corrected chi connectivity index (χ3v) is 3.74. The van der Waals surface area contributed by atoms with E-state index in [9.17, 15) is 14.3 Å². The number of hydrogen-bond acceptors (Lipinski definition) is 3. The molecule has 0 aliphatic carbocycles. The van der Waals surface area contributed by atoms with E-state index in [0.717, 1.165) is 0 Å². The third-order valence-electron chi connectivity index (χ3n) is 3.74. The van der Waals surface area contributed by atoms with Gasteiger partial charge in [-0.15, -0.1) is 0 Å². The van der Waals surface area contributed by atoms with Gasteiger partial charge < -0.3 is 10.4 Å². The SMILES string of the molecule is Cc1cn(-c2ccc(F)cc2)nc1C(=O)N[C@H](CO)C(C)(C)C. The number of carbonyl (C=O) groups is 1. The van der Waals surface area contributed by atoms with Gasteiger partial charge in [0.15, 0.2) is 5.69 Å². The third kappa shape index (κ3) is 3.96. The summed E-state index contributed by atoms with van der Waals surface area (Å²) < 4.78 is 14.5. The van der Waals surface area contributed by atoms with Gasteiger partial charge in [0.25, 0.3) is 5.91 Å². The average Bonchev–Trinajstić information content (AvgIpc) is 2.86. The van der Waals surface area contributed by atoms with Crippen molar-refractivity contribution in [1.29, 1.82) is 0 Å². The number of hydrogen-bond donors (Lipinski definition) is 2. The quantitative estimate of drug-likeness (QED) is 0.909. The molecule has 0 aliphatic heterocycles. The van der Waals surface area contributed by atoms with Gasteiger partial charge in [-0.1, -0.05) is 20.8 Å². The highest BCUT2D eigenvalue weighted by molar-refractivity contribution is 5.93. The summed E-state index contributed by atoms with van der Waals surface area (Å²) in [5, 5.41) is 16.6. The summed E-state index contributed by atoms with van der Waals surface area (Å²) in [6.45, 7) is 7.47. The Balaban J connectivity index is 2.24. The second kappa shape index (κ2) is 6.50. The second-order valence-electron chi connectivity index (χ2n) is 6.66. The van der Waals surface area contributed by atoms with Crippen LogP contribution in [0, 0.1) is 18.2 Å². The molecular formula is C17H22FN3O2. The molecule has 2 N–H and O–H groups in total. The van der Waals surface area contributed by atoms with Gasteiger partial charge in [-0.25, -0.2) is 9.07 Å². The Kier molecular flexibility index (Phi) is 4.85. The first kappa shape index (κ1) is 17.1. The molecule has 0 spiro atoms. The van der Waals surface area contributed by atoms with Crippen molar-refractivity contribution < 1.29 is 14.3 Å². The van der Waals surface area contributed by atoms with Crippen molar-refractivity contribution in [2.24, 2.45) is 5.41 Å². The van der Waals surface area contributed by atoms with Crippen LogP contribution in [-0.4, -0.2) is 33.4 Å². The first-order valence-corrected chi connectivity index (χ1v) is 7.46. The Morgan fingerprint density at radius 1 is 1.35 bits per heavy atom. The van der Waals surface area contributed by atoms with E-state index in [2.05, 4.69) is 10.4 Å². The molecule has 6 heteroatoms. The molecule has 2 aromatic rings. The molecule has 0 saturated carbocycles. The van der Waals surface area contributed by atoms with Crippen LogP contribution in [0.15, 0.2) is 30.5 Å². The van der Waals surface area contributed by atoms with Crippen LogP contribution in [0.1, 0.15) is 36.8 Å². The van der Waals surface area contributed by atoms with Gasteiger partial charge in [0.05, 0.1) is 18.3 Å². The summed E-state index contributed by atoms with van der Waals surface area (Å²) >= 11 is 0. The Morgan fingerprint density at radius 3 is 2.48 bits per heavy atom. The minimum atomic E-state index is -0.370. The minimum absolute atomic E-state index is 0.146. The van der Waals surface area contributed by atoms with Crippen molar-refractivity contribution in [3.8, 4) is 5.69 Å². The predicted octanol–water partition coefficient (Wildman–Crippen LogP) is 2.46. The average molecular weight is 319 g/mol. The lowest BCUT2D eigenvalue weighted by Crippen LogP contribution is -2.46. The number of aromatic nitrogens is 2. The summed E-state index contributed by atoms with van der Waals surface area (Å²) in [6.07, 6.45) is 1.72. The van der Waals surface area contributed by atoms with Crippen LogP contribution in [0.5, 0.6) is 0 Å². The van der Waals surface area contributed by atoms with Crippen molar-refractivity contribution in [2.75, 3.05) is 6.61 Å². The summed E-state index contributed by atoms with van der Waals surface area (Å²) in [5.74, 6) is -0.663. The molecule has 5 nitrogen and oxygen atoms in total. The maximum atomic E-state index is 13.0. The topological polar surface area (TPSA) is 67.2 Å². The molecule has 0 aliphatic rings. The number of aryl methyl sites for hydroxylation is 1. The fraction of sp³-hybridized carbons (Fsp3) is 0.412. The van der Waals surface area contributed by atoms with Crippen LogP contribution in [0.2, 0.25) is 0 Å². The van der Waals surface area contributed by atoms with Crippen molar-refractivity contribution in [1.82, 2.24) is 15.1 Å². The van der Waals surface area contributed by atoms with Crippen molar-refractivity contribution in [2.45, 2.75) is 33.7 Å². The zero-order valence-corrected chi connectivity index (χ0v) is 13.8. The molecule has 0 saturated heterocycles. The van der Waals surface area contributed by atoms with E-state index in [-0.39, 0.29) is 35.5 Å². The number of aliphatic hydroxyl groups is 1. The highest BCUT2D eigenvalue weighted by Gasteiger charge is 2.27. The van der Waals surface area contributed by atoms with Gasteiger partial charge in [0.1, 0.15) is 5.82 Å². The van der Waals surface area contributed by atoms with E-state index < -0.39 is 0 Å². The lowest BCUT2D eigenvalue weighted by molar-refractivity contribution is 0.0842. The molecule has 0 radical (unpaired) electrons. The molecule has 0 unspecified atom stereocenters. The molecule has 1 aromatic heterocycles. The largest absolute Gasteiger partial charge is 0.394 e. The van der Waals surface area contributed by atoms with Gasteiger partial charge in [0.2, 0.25) is 0 Å². The molecule has 0 bridgehead atoms. The Hall–Kier alpha value is -2.21. The molecule has 2 rings (SSSR count). The van der Waals surface area contributed by atoms with E-state index in [4.69, 9.17) is 0 Å². The second-order valence-corrected chi connectivity index (χ2v) is 6.66. The minimum Gasteiger partial charge on any atom is -0.394 e. The summed E-state index contributed by atoms with van der Waals surface area (Å²) in [5.41, 5.74) is 1.40. The number of nitrogens with one attached hydrogen (secondary N) is 1. The first-order valence-electron chi connectivity index (χ1n) is 7.46. The molecule has 1 atom stereocenters. The smallest absolute Gasteiger partial charge is 0.272 e. The van der Waals surface area contributed by atoms with Crippen LogP contribution in [0.25, 0.3) is 5.69 Å². The number of halogens is 1. The molecule has 1 amide bonds. The maximum Gasteiger partial charge on any atom is 0.272 e. The fourth-order valence-corrected chi connectivity index (χ4v) is 2.17. The van der Waals surface area contributed by atoms with Crippen molar-refractivity contribution >= 4 is 5.91 Å². The Bertz CT molecular complexity index is 687. The van der Waals surface area contributed by atoms with Gasteiger partial charge in [-0.2, -0.15) is 5.10 Å². The van der Waals surface area contributed by atoms with Crippen LogP contribution >= 0.6 is 0 Å². The molecule has 23 heavy (non-hydrogen) atoms. The van der Waals surface area contributed by atoms with Crippen LogP contribution in [0.3, 0.4) is 0 Å². The van der Waals surface area contributed by atoms with Gasteiger partial charge >= 0.3 is 0 Å². The number of amides is 1. The summed E-state index contributed by atoms with van der Waals surface area (Å²) in [4.78, 5) is 12.4. The normalized spacial score (nSPS) is 13.0. The maximum absolute atomic E-state index is 13.0. The molecule has 0 fully saturated rings. The van der Waals surface area contributed by atoms with Crippen molar-refractivity contribution in [3.63, 3.8) is 0 Å². The number of aliphatic hydroxyl groups excluding tert-OH is 1. The Labute approximate surface area is 135 Å². The van der Waals surface area contributed by atoms with E-state index >= 15 is 0 Å². The van der Waals surface area contributed by atoms with E-state index in [1.54, 1.807) is 25.3 Å². The van der Waals surface area contributed by atoms with Gasteiger partial charge in [0, 0.05) is 11.8 Å². The monoisotopic (exact) mass is 319 g/mol. The van der Waals surface area contributed by atoms with Crippen LogP contribution in [-0.2, 0) is 0 Å². The van der Waals surface area contributed by atoms with Crippen LogP contribution in [0.4, 0.5) is 4.39 Å². The molecular weight excluding hydrogens is 297 g/mol. The predicted molar refractivity (Wildman–Crippen MR) is 86.1 cm³/mol. The zero-order valence-electron chi connectivity index (χ0n) is 13.8. The zero-order chi connectivity index (χ0) is 17.2. The Morgan fingerprint density at radius 2 is 1.96 bits per heavy atom. The van der Waals surface area contributed by atoms with E-state index in [0.29, 0.717) is 11.3 Å². The van der Waals surface area contributed by atoms with Gasteiger partial charge in [-0.3, -0.25) is 4.79 Å². The van der Waals surface area contributed by atoms with Gasteiger partial charge in [-0.05, 0) is 36.6 Å². The summed E-state index contributed by atoms with van der Waals surface area (Å²) in [7, 11) is 0. The number of rotatable bonds is 4. The van der Waals surface area contributed by atoms with Crippen molar-refractivity contribution in [3.05, 3.63) is 47.5 Å².